The van der Waals surface area contributed by atoms with Crippen LogP contribution in [0.2, 0.25) is 0 Å². The summed E-state index contributed by atoms with van der Waals surface area (Å²) in [6, 6.07) is 0. The van der Waals surface area contributed by atoms with Crippen LogP contribution < -0.4 is 0 Å². The van der Waals surface area contributed by atoms with Crippen LogP contribution in [0.4, 0.5) is 0 Å². The van der Waals surface area contributed by atoms with Crippen molar-refractivity contribution in [3.8, 4) is 0 Å². The monoisotopic (exact) mass is 270 g/mol. The molecule has 0 saturated carbocycles. The Labute approximate surface area is 114 Å². The van der Waals surface area contributed by atoms with E-state index in [-0.39, 0.29) is 13.2 Å². The molecule has 0 heterocycles. The number of rotatable bonds is 8. The fourth-order valence-corrected chi connectivity index (χ4v) is 1.61. The zero-order chi connectivity index (χ0) is 15.1. The summed E-state index contributed by atoms with van der Waals surface area (Å²) in [6.45, 7) is 10.3. The summed E-state index contributed by atoms with van der Waals surface area (Å²) in [5, 5.41) is 0. The average molecular weight is 270 g/mol. The number of esters is 2. The van der Waals surface area contributed by atoms with Crippen LogP contribution in [0.5, 0.6) is 0 Å². The van der Waals surface area contributed by atoms with Crippen molar-refractivity contribution in [2.24, 2.45) is 11.3 Å². The number of ether oxygens (including phenoxy) is 2. The lowest BCUT2D eigenvalue weighted by Gasteiger charge is -2.25. The van der Waals surface area contributed by atoms with Crippen LogP contribution in [-0.2, 0) is 23.9 Å². The molecule has 0 aliphatic rings. The van der Waals surface area contributed by atoms with Crippen molar-refractivity contribution in [3.05, 3.63) is 12.7 Å². The third kappa shape index (κ3) is 4.85. The molecule has 0 bridgehead atoms. The SMILES string of the molecule is C=CCC(C)(C)C(=O)C(C(=O)OCC)C(=O)OCC. The first-order chi connectivity index (χ1) is 8.81. The lowest BCUT2D eigenvalue weighted by Crippen LogP contribution is -2.41. The predicted octanol–water partition coefficient (Wildman–Crippen LogP) is 1.90. The van der Waals surface area contributed by atoms with Gasteiger partial charge >= 0.3 is 11.9 Å². The third-order valence-electron chi connectivity index (χ3n) is 2.63. The molecule has 0 spiro atoms. The number of allylic oxidation sites excluding steroid dienone is 1. The molecule has 0 fully saturated rings. The van der Waals surface area contributed by atoms with E-state index in [9.17, 15) is 14.4 Å². The van der Waals surface area contributed by atoms with Crippen LogP contribution in [0.1, 0.15) is 34.1 Å². The first-order valence-corrected chi connectivity index (χ1v) is 6.30. The maximum atomic E-state index is 12.3. The maximum Gasteiger partial charge on any atom is 0.328 e. The molecule has 0 saturated heterocycles. The summed E-state index contributed by atoms with van der Waals surface area (Å²) in [4.78, 5) is 35.9. The Bertz CT molecular complexity index is 339. The van der Waals surface area contributed by atoms with E-state index in [0.29, 0.717) is 6.42 Å². The first kappa shape index (κ1) is 17.4. The molecule has 0 amide bonds. The summed E-state index contributed by atoms with van der Waals surface area (Å²) in [7, 11) is 0. The molecule has 0 aliphatic carbocycles. The standard InChI is InChI=1S/C14H22O5/c1-6-9-14(4,5)11(15)10(12(16)18-7-2)13(17)19-8-3/h6,10H,1,7-9H2,2-5H3. The second kappa shape index (κ2) is 7.71. The van der Waals surface area contributed by atoms with Crippen LogP contribution in [0, 0.1) is 11.3 Å². The zero-order valence-corrected chi connectivity index (χ0v) is 12.0. The van der Waals surface area contributed by atoms with Crippen molar-refractivity contribution in [1.29, 1.82) is 0 Å². The topological polar surface area (TPSA) is 69.7 Å². The highest BCUT2D eigenvalue weighted by Gasteiger charge is 2.43. The van der Waals surface area contributed by atoms with E-state index in [4.69, 9.17) is 9.47 Å². The summed E-state index contributed by atoms with van der Waals surface area (Å²) in [6.07, 6.45) is 1.94. The van der Waals surface area contributed by atoms with Crippen LogP contribution in [-0.4, -0.2) is 30.9 Å². The molecular formula is C14H22O5. The van der Waals surface area contributed by atoms with Crippen molar-refractivity contribution in [1.82, 2.24) is 0 Å². The van der Waals surface area contributed by atoms with E-state index in [0.717, 1.165) is 0 Å². The van der Waals surface area contributed by atoms with Crippen molar-refractivity contribution in [3.63, 3.8) is 0 Å². The Balaban J connectivity index is 5.23. The van der Waals surface area contributed by atoms with Gasteiger partial charge in [-0.1, -0.05) is 19.9 Å². The second-order valence-corrected chi connectivity index (χ2v) is 4.68. The third-order valence-corrected chi connectivity index (χ3v) is 2.63. The van der Waals surface area contributed by atoms with Gasteiger partial charge in [0.15, 0.2) is 5.78 Å². The van der Waals surface area contributed by atoms with Crippen LogP contribution in [0.15, 0.2) is 12.7 Å². The summed E-state index contributed by atoms with van der Waals surface area (Å²) < 4.78 is 9.56. The lowest BCUT2D eigenvalue weighted by molar-refractivity contribution is -0.166. The Morgan fingerprint density at radius 2 is 1.53 bits per heavy atom. The molecule has 108 valence electrons. The zero-order valence-electron chi connectivity index (χ0n) is 12.0. The van der Waals surface area contributed by atoms with E-state index < -0.39 is 29.1 Å². The number of Topliss-reactive ketones (excluding diaryl/α,β-unsaturated/α-hetero) is 1. The minimum absolute atomic E-state index is 0.101. The largest absolute Gasteiger partial charge is 0.465 e. The van der Waals surface area contributed by atoms with Gasteiger partial charge < -0.3 is 9.47 Å². The van der Waals surface area contributed by atoms with Crippen LogP contribution in [0.3, 0.4) is 0 Å². The van der Waals surface area contributed by atoms with Gasteiger partial charge in [-0.2, -0.15) is 0 Å². The maximum absolute atomic E-state index is 12.3. The molecule has 0 aliphatic heterocycles. The number of ketones is 1. The van der Waals surface area contributed by atoms with Gasteiger partial charge in [0, 0.05) is 5.41 Å². The smallest absolute Gasteiger partial charge is 0.328 e. The van der Waals surface area contributed by atoms with E-state index >= 15 is 0 Å². The van der Waals surface area contributed by atoms with Gasteiger partial charge in [-0.3, -0.25) is 14.4 Å². The molecule has 0 atom stereocenters. The average Bonchev–Trinajstić information content (AvgIpc) is 2.29. The number of carbonyl (C=O) groups is 3. The number of hydrogen-bond acceptors (Lipinski definition) is 5. The summed E-state index contributed by atoms with van der Waals surface area (Å²) in [5.74, 6) is -3.75. The summed E-state index contributed by atoms with van der Waals surface area (Å²) in [5.41, 5.74) is -0.869. The quantitative estimate of drug-likeness (QED) is 0.383. The van der Waals surface area contributed by atoms with Gasteiger partial charge in [0.1, 0.15) is 0 Å². The van der Waals surface area contributed by atoms with Crippen molar-refractivity contribution >= 4 is 17.7 Å². The molecule has 0 radical (unpaired) electrons. The second-order valence-electron chi connectivity index (χ2n) is 4.68. The molecule has 5 heteroatoms. The first-order valence-electron chi connectivity index (χ1n) is 6.30. The Morgan fingerprint density at radius 3 is 1.84 bits per heavy atom. The highest BCUT2D eigenvalue weighted by molar-refractivity contribution is 6.16. The molecule has 0 rings (SSSR count). The number of carbonyl (C=O) groups excluding carboxylic acids is 3. The molecule has 19 heavy (non-hydrogen) atoms. The molecule has 0 N–H and O–H groups in total. The molecule has 0 aromatic rings. The molecule has 5 nitrogen and oxygen atoms in total. The van der Waals surface area contributed by atoms with Gasteiger partial charge in [0.2, 0.25) is 5.92 Å². The minimum Gasteiger partial charge on any atom is -0.465 e. The van der Waals surface area contributed by atoms with Gasteiger partial charge in [0.25, 0.3) is 0 Å². The van der Waals surface area contributed by atoms with Gasteiger partial charge in [-0.25, -0.2) is 0 Å². The molecule has 0 aromatic heterocycles. The van der Waals surface area contributed by atoms with Crippen LogP contribution >= 0.6 is 0 Å². The Kier molecular flexibility index (Phi) is 7.04. The van der Waals surface area contributed by atoms with Gasteiger partial charge in [-0.05, 0) is 20.3 Å². The van der Waals surface area contributed by atoms with Crippen molar-refractivity contribution in [2.45, 2.75) is 34.1 Å². The molecule has 0 unspecified atom stereocenters. The van der Waals surface area contributed by atoms with E-state index in [1.165, 1.54) is 0 Å². The Morgan fingerprint density at radius 1 is 1.11 bits per heavy atom. The summed E-state index contributed by atoms with van der Waals surface area (Å²) >= 11 is 0. The van der Waals surface area contributed by atoms with Gasteiger partial charge in [-0.15, -0.1) is 6.58 Å². The normalized spacial score (nSPS) is 11.0. The predicted molar refractivity (Wildman–Crippen MR) is 70.4 cm³/mol. The van der Waals surface area contributed by atoms with Gasteiger partial charge in [0.05, 0.1) is 13.2 Å². The van der Waals surface area contributed by atoms with Crippen molar-refractivity contribution in [2.75, 3.05) is 13.2 Å². The highest BCUT2D eigenvalue weighted by atomic mass is 16.6. The lowest BCUT2D eigenvalue weighted by atomic mass is 9.78. The van der Waals surface area contributed by atoms with E-state index in [1.54, 1.807) is 33.8 Å². The van der Waals surface area contributed by atoms with E-state index in [1.807, 2.05) is 0 Å². The van der Waals surface area contributed by atoms with E-state index in [2.05, 4.69) is 6.58 Å². The highest BCUT2D eigenvalue weighted by Crippen LogP contribution is 2.27. The minimum atomic E-state index is -1.52. The Hall–Kier alpha value is -1.65. The number of hydrogen-bond donors (Lipinski definition) is 0. The fraction of sp³-hybridized carbons (Fsp3) is 0.643. The van der Waals surface area contributed by atoms with Crippen LogP contribution in [0.25, 0.3) is 0 Å². The van der Waals surface area contributed by atoms with Crippen molar-refractivity contribution < 1.29 is 23.9 Å². The molecular weight excluding hydrogens is 248 g/mol. The fourth-order valence-electron chi connectivity index (χ4n) is 1.61. The molecule has 0 aromatic carbocycles.